The Morgan fingerprint density at radius 3 is 1.79 bits per heavy atom. The topological polar surface area (TPSA) is 26.3 Å². The van der Waals surface area contributed by atoms with Crippen molar-refractivity contribution in [3.63, 3.8) is 0 Å². The lowest BCUT2D eigenvalue weighted by atomic mass is 9.78. The average molecular weight is 316 g/mol. The average Bonchev–Trinajstić information content (AvgIpc) is 2.63. The molecular weight excluding hydrogens is 296 g/mol. The first-order valence-corrected chi connectivity index (χ1v) is 8.01. The van der Waals surface area contributed by atoms with Crippen LogP contribution in [0.4, 0.5) is 0 Å². The maximum atomic E-state index is 12.2. The fourth-order valence-electron chi connectivity index (χ4n) is 2.70. The highest BCUT2D eigenvalue weighted by molar-refractivity contribution is 5.91. The van der Waals surface area contributed by atoms with E-state index in [2.05, 4.69) is 26.0 Å². The molecule has 3 aromatic carbocycles. The number of hydrogen-bond donors (Lipinski definition) is 0. The standard InChI is InChI=1S/C22H20O2/c1-22(2,18-9-5-3-6-10-18)19-15-13-17(14-16-19)21(23)24-20-11-7-4-8-12-20/h3-16H,1-2H3. The van der Waals surface area contributed by atoms with Crippen LogP contribution in [-0.2, 0) is 5.41 Å². The zero-order chi connectivity index (χ0) is 17.0. The Kier molecular flexibility index (Phi) is 4.48. The highest BCUT2D eigenvalue weighted by Gasteiger charge is 2.23. The molecule has 0 heterocycles. The summed E-state index contributed by atoms with van der Waals surface area (Å²) < 4.78 is 5.37. The number of ether oxygens (including phenoxy) is 1. The Balaban J connectivity index is 1.79. The molecule has 3 aromatic rings. The van der Waals surface area contributed by atoms with Crippen molar-refractivity contribution in [3.05, 3.63) is 102 Å². The van der Waals surface area contributed by atoms with Crippen LogP contribution in [0, 0.1) is 0 Å². The van der Waals surface area contributed by atoms with Crippen molar-refractivity contribution in [2.24, 2.45) is 0 Å². The number of para-hydroxylation sites is 1. The number of rotatable bonds is 4. The summed E-state index contributed by atoms with van der Waals surface area (Å²) in [5, 5.41) is 0. The summed E-state index contributed by atoms with van der Waals surface area (Å²) in [7, 11) is 0. The van der Waals surface area contributed by atoms with Crippen LogP contribution in [0.1, 0.15) is 35.3 Å². The van der Waals surface area contributed by atoms with E-state index in [0.29, 0.717) is 11.3 Å². The van der Waals surface area contributed by atoms with Crippen molar-refractivity contribution in [1.29, 1.82) is 0 Å². The SMILES string of the molecule is CC(C)(c1ccccc1)c1ccc(C(=O)Oc2ccccc2)cc1. The van der Waals surface area contributed by atoms with Crippen molar-refractivity contribution in [1.82, 2.24) is 0 Å². The third-order valence-corrected chi connectivity index (χ3v) is 4.29. The fourth-order valence-corrected chi connectivity index (χ4v) is 2.70. The molecule has 0 fully saturated rings. The van der Waals surface area contributed by atoms with E-state index in [-0.39, 0.29) is 11.4 Å². The summed E-state index contributed by atoms with van der Waals surface area (Å²) in [6.07, 6.45) is 0. The van der Waals surface area contributed by atoms with E-state index in [1.54, 1.807) is 12.1 Å². The van der Waals surface area contributed by atoms with Gasteiger partial charge in [-0.1, -0.05) is 74.5 Å². The largest absolute Gasteiger partial charge is 0.423 e. The van der Waals surface area contributed by atoms with Gasteiger partial charge in [0, 0.05) is 5.41 Å². The van der Waals surface area contributed by atoms with E-state index >= 15 is 0 Å². The Hall–Kier alpha value is -2.87. The minimum Gasteiger partial charge on any atom is -0.423 e. The molecule has 0 bridgehead atoms. The molecule has 0 amide bonds. The van der Waals surface area contributed by atoms with Crippen LogP contribution in [0.25, 0.3) is 0 Å². The van der Waals surface area contributed by atoms with Crippen LogP contribution >= 0.6 is 0 Å². The molecule has 24 heavy (non-hydrogen) atoms. The summed E-state index contributed by atoms with van der Waals surface area (Å²) >= 11 is 0. The van der Waals surface area contributed by atoms with Crippen LogP contribution in [0.5, 0.6) is 5.75 Å². The first-order valence-electron chi connectivity index (χ1n) is 8.01. The van der Waals surface area contributed by atoms with Gasteiger partial charge in [-0.2, -0.15) is 0 Å². The van der Waals surface area contributed by atoms with Gasteiger partial charge in [0.1, 0.15) is 5.75 Å². The molecule has 2 heteroatoms. The summed E-state index contributed by atoms with van der Waals surface area (Å²) in [6, 6.07) is 27.1. The summed E-state index contributed by atoms with van der Waals surface area (Å²) in [5.41, 5.74) is 2.82. The van der Waals surface area contributed by atoms with Gasteiger partial charge in [-0.15, -0.1) is 0 Å². The van der Waals surface area contributed by atoms with E-state index in [0.717, 1.165) is 5.56 Å². The van der Waals surface area contributed by atoms with Crippen LogP contribution in [0.15, 0.2) is 84.9 Å². The highest BCUT2D eigenvalue weighted by Crippen LogP contribution is 2.31. The normalized spacial score (nSPS) is 11.1. The molecule has 0 aromatic heterocycles. The van der Waals surface area contributed by atoms with Gasteiger partial charge in [0.15, 0.2) is 0 Å². The van der Waals surface area contributed by atoms with Crippen molar-refractivity contribution in [3.8, 4) is 5.75 Å². The molecule has 2 nitrogen and oxygen atoms in total. The Bertz CT molecular complexity index is 804. The van der Waals surface area contributed by atoms with Gasteiger partial charge in [0.25, 0.3) is 0 Å². The Morgan fingerprint density at radius 1 is 0.708 bits per heavy atom. The van der Waals surface area contributed by atoms with E-state index in [4.69, 9.17) is 4.74 Å². The van der Waals surface area contributed by atoms with Gasteiger partial charge in [-0.3, -0.25) is 0 Å². The van der Waals surface area contributed by atoms with Gasteiger partial charge in [0.05, 0.1) is 5.56 Å². The molecule has 0 aliphatic heterocycles. The molecule has 120 valence electrons. The molecule has 0 saturated carbocycles. The summed E-state index contributed by atoms with van der Waals surface area (Å²) in [4.78, 5) is 12.2. The molecule has 0 N–H and O–H groups in total. The highest BCUT2D eigenvalue weighted by atomic mass is 16.5. The van der Waals surface area contributed by atoms with Crippen molar-refractivity contribution in [2.45, 2.75) is 19.3 Å². The summed E-state index contributed by atoms with van der Waals surface area (Å²) in [5.74, 6) is 0.210. The molecule has 0 unspecified atom stereocenters. The van der Waals surface area contributed by atoms with Crippen LogP contribution in [-0.4, -0.2) is 5.97 Å². The molecule has 0 saturated heterocycles. The quantitative estimate of drug-likeness (QED) is 0.486. The van der Waals surface area contributed by atoms with Crippen molar-refractivity contribution >= 4 is 5.97 Å². The smallest absolute Gasteiger partial charge is 0.343 e. The molecule has 0 spiro atoms. The molecule has 0 aliphatic carbocycles. The van der Waals surface area contributed by atoms with Crippen molar-refractivity contribution in [2.75, 3.05) is 0 Å². The fraction of sp³-hybridized carbons (Fsp3) is 0.136. The Labute approximate surface area is 142 Å². The van der Waals surface area contributed by atoms with Gasteiger partial charge >= 0.3 is 5.97 Å². The zero-order valence-corrected chi connectivity index (χ0v) is 13.9. The molecule has 0 atom stereocenters. The lowest BCUT2D eigenvalue weighted by Crippen LogP contribution is -2.19. The van der Waals surface area contributed by atoms with Crippen molar-refractivity contribution < 1.29 is 9.53 Å². The van der Waals surface area contributed by atoms with Gasteiger partial charge < -0.3 is 4.74 Å². The minimum atomic E-state index is -0.342. The van der Waals surface area contributed by atoms with Crippen LogP contribution < -0.4 is 4.74 Å². The second-order valence-electron chi connectivity index (χ2n) is 6.27. The maximum Gasteiger partial charge on any atom is 0.343 e. The third-order valence-electron chi connectivity index (χ3n) is 4.29. The second-order valence-corrected chi connectivity index (χ2v) is 6.27. The Morgan fingerprint density at radius 2 is 1.21 bits per heavy atom. The molecular formula is C22H20O2. The number of carbonyl (C=O) groups is 1. The maximum absolute atomic E-state index is 12.2. The van der Waals surface area contributed by atoms with Gasteiger partial charge in [-0.05, 0) is 35.4 Å². The first-order chi connectivity index (χ1) is 11.6. The van der Waals surface area contributed by atoms with E-state index in [1.807, 2.05) is 60.7 Å². The number of esters is 1. The molecule has 0 radical (unpaired) electrons. The lowest BCUT2D eigenvalue weighted by Gasteiger charge is -2.26. The van der Waals surface area contributed by atoms with Crippen LogP contribution in [0.3, 0.4) is 0 Å². The van der Waals surface area contributed by atoms with E-state index < -0.39 is 0 Å². The van der Waals surface area contributed by atoms with E-state index in [1.165, 1.54) is 5.56 Å². The molecule has 3 rings (SSSR count). The molecule has 0 aliphatic rings. The zero-order valence-electron chi connectivity index (χ0n) is 13.9. The minimum absolute atomic E-state index is 0.122. The van der Waals surface area contributed by atoms with Gasteiger partial charge in [-0.25, -0.2) is 4.79 Å². The second kappa shape index (κ2) is 6.71. The predicted octanol–water partition coefficient (Wildman–Crippen LogP) is 5.23. The monoisotopic (exact) mass is 316 g/mol. The summed E-state index contributed by atoms with van der Waals surface area (Å²) in [6.45, 7) is 4.36. The third kappa shape index (κ3) is 3.38. The first kappa shape index (κ1) is 16.0. The van der Waals surface area contributed by atoms with Crippen LogP contribution in [0.2, 0.25) is 0 Å². The van der Waals surface area contributed by atoms with E-state index in [9.17, 15) is 4.79 Å². The number of hydrogen-bond acceptors (Lipinski definition) is 2. The predicted molar refractivity (Wildman–Crippen MR) is 96.4 cm³/mol. The number of benzene rings is 3. The van der Waals surface area contributed by atoms with Gasteiger partial charge in [0.2, 0.25) is 0 Å². The lowest BCUT2D eigenvalue weighted by molar-refractivity contribution is 0.0734. The number of carbonyl (C=O) groups excluding carboxylic acids is 1.